The van der Waals surface area contributed by atoms with E-state index in [2.05, 4.69) is 5.10 Å². The Balaban J connectivity index is 2.16. The molecule has 0 amide bonds. The molecule has 0 bridgehead atoms. The molecule has 0 radical (unpaired) electrons. The highest BCUT2D eigenvalue weighted by Crippen LogP contribution is 2.27. The van der Waals surface area contributed by atoms with Crippen LogP contribution in [0, 0.1) is 11.7 Å². The van der Waals surface area contributed by atoms with E-state index < -0.39 is 0 Å². The summed E-state index contributed by atoms with van der Waals surface area (Å²) in [6, 6.07) is 6.48. The minimum absolute atomic E-state index is 0.103. The van der Waals surface area contributed by atoms with Crippen LogP contribution in [0.1, 0.15) is 29.4 Å². The Bertz CT molecular complexity index is 618. The number of Topliss-reactive ketones (excluding diaryl/α,β-unsaturated/α-hetero) is 1. The van der Waals surface area contributed by atoms with Crippen molar-refractivity contribution in [1.29, 1.82) is 0 Å². The van der Waals surface area contributed by atoms with Crippen molar-refractivity contribution in [2.24, 2.45) is 5.92 Å². The molecule has 0 aliphatic heterocycles. The van der Waals surface area contributed by atoms with Gasteiger partial charge in [0.2, 0.25) is 0 Å². The second kappa shape index (κ2) is 4.05. The Kier molecular flexibility index (Phi) is 2.51. The number of carbonyl (C=O) groups is 1. The summed E-state index contributed by atoms with van der Waals surface area (Å²) in [5.74, 6) is 0.0626. The molecule has 2 aromatic rings. The van der Waals surface area contributed by atoms with Gasteiger partial charge in [-0.3, -0.25) is 4.79 Å². The summed E-state index contributed by atoms with van der Waals surface area (Å²) in [5, 5.41) is 4.17. The Morgan fingerprint density at radius 3 is 2.89 bits per heavy atom. The Hall–Kier alpha value is -1.97. The number of halogens is 1. The van der Waals surface area contributed by atoms with E-state index in [0.717, 1.165) is 12.1 Å². The van der Waals surface area contributed by atoms with Crippen molar-refractivity contribution in [3.8, 4) is 5.69 Å². The van der Waals surface area contributed by atoms with Crippen molar-refractivity contribution in [3.63, 3.8) is 0 Å². The van der Waals surface area contributed by atoms with Crippen LogP contribution in [0.2, 0.25) is 0 Å². The van der Waals surface area contributed by atoms with Crippen LogP contribution in [0.3, 0.4) is 0 Å². The van der Waals surface area contributed by atoms with E-state index >= 15 is 0 Å². The maximum Gasteiger partial charge on any atom is 0.166 e. The highest BCUT2D eigenvalue weighted by Gasteiger charge is 2.27. The lowest BCUT2D eigenvalue weighted by Crippen LogP contribution is -2.19. The Labute approximate surface area is 104 Å². The summed E-state index contributed by atoms with van der Waals surface area (Å²) in [6.45, 7) is 2.03. The first-order valence-electron chi connectivity index (χ1n) is 6.02. The van der Waals surface area contributed by atoms with Crippen LogP contribution in [0.15, 0.2) is 30.5 Å². The van der Waals surface area contributed by atoms with Crippen molar-refractivity contribution >= 4 is 5.78 Å². The predicted molar refractivity (Wildman–Crippen MR) is 65.3 cm³/mol. The normalized spacial score (nSPS) is 18.8. The molecular formula is C14H13FN2O. The molecule has 0 saturated heterocycles. The number of rotatable bonds is 1. The Morgan fingerprint density at radius 2 is 2.11 bits per heavy atom. The third-order valence-corrected chi connectivity index (χ3v) is 3.33. The van der Waals surface area contributed by atoms with Crippen LogP contribution in [0.4, 0.5) is 4.39 Å². The standard InChI is InChI=1S/C14H13FN2O/c1-9-6-13-10(14(18)7-9)8-16-17(13)12-5-3-2-4-11(12)15/h2-5,8-9H,6-7H2,1H3. The number of hydrogen-bond acceptors (Lipinski definition) is 2. The van der Waals surface area contributed by atoms with Crippen molar-refractivity contribution in [2.45, 2.75) is 19.8 Å². The quantitative estimate of drug-likeness (QED) is 0.773. The molecular weight excluding hydrogens is 231 g/mol. The first-order valence-corrected chi connectivity index (χ1v) is 6.02. The van der Waals surface area contributed by atoms with E-state index in [1.807, 2.05) is 6.92 Å². The second-order valence-corrected chi connectivity index (χ2v) is 4.80. The van der Waals surface area contributed by atoms with Crippen molar-refractivity contribution in [1.82, 2.24) is 9.78 Å². The highest BCUT2D eigenvalue weighted by molar-refractivity contribution is 5.98. The number of hydrogen-bond donors (Lipinski definition) is 0. The topological polar surface area (TPSA) is 34.9 Å². The van der Waals surface area contributed by atoms with Crippen molar-refractivity contribution in [2.75, 3.05) is 0 Å². The molecule has 1 aliphatic carbocycles. The molecule has 1 unspecified atom stereocenters. The number of ketones is 1. The summed E-state index contributed by atoms with van der Waals surface area (Å²) >= 11 is 0. The fourth-order valence-electron chi connectivity index (χ4n) is 2.46. The summed E-state index contributed by atoms with van der Waals surface area (Å²) in [6.07, 6.45) is 2.86. The zero-order valence-electron chi connectivity index (χ0n) is 10.1. The number of nitrogens with zero attached hydrogens (tertiary/aromatic N) is 2. The molecule has 4 heteroatoms. The minimum Gasteiger partial charge on any atom is -0.294 e. The van der Waals surface area contributed by atoms with Gasteiger partial charge in [-0.2, -0.15) is 5.10 Å². The van der Waals surface area contributed by atoms with Gasteiger partial charge in [-0.1, -0.05) is 19.1 Å². The van der Waals surface area contributed by atoms with Gasteiger partial charge in [0.1, 0.15) is 11.5 Å². The van der Waals surface area contributed by atoms with Gasteiger partial charge < -0.3 is 0 Å². The van der Waals surface area contributed by atoms with Gasteiger partial charge in [-0.05, 0) is 24.5 Å². The fourth-order valence-corrected chi connectivity index (χ4v) is 2.46. The van der Waals surface area contributed by atoms with Gasteiger partial charge in [0, 0.05) is 6.42 Å². The van der Waals surface area contributed by atoms with Crippen molar-refractivity contribution < 1.29 is 9.18 Å². The molecule has 1 aliphatic rings. The van der Waals surface area contributed by atoms with Gasteiger partial charge in [0.05, 0.1) is 17.5 Å². The maximum atomic E-state index is 13.8. The van der Waals surface area contributed by atoms with Gasteiger partial charge in [0.15, 0.2) is 5.78 Å². The third-order valence-electron chi connectivity index (χ3n) is 3.33. The third kappa shape index (κ3) is 1.65. The monoisotopic (exact) mass is 244 g/mol. The van der Waals surface area contributed by atoms with Crippen molar-refractivity contribution in [3.05, 3.63) is 47.5 Å². The average Bonchev–Trinajstić information content (AvgIpc) is 2.73. The van der Waals surface area contributed by atoms with Crippen LogP contribution in [0.25, 0.3) is 5.69 Å². The molecule has 3 nitrogen and oxygen atoms in total. The summed E-state index contributed by atoms with van der Waals surface area (Å²) in [7, 11) is 0. The average molecular weight is 244 g/mol. The number of aromatic nitrogens is 2. The van der Waals surface area contributed by atoms with Crippen LogP contribution in [-0.2, 0) is 6.42 Å². The SMILES string of the molecule is CC1CC(=O)c2cnn(-c3ccccc3F)c2C1. The van der Waals surface area contributed by atoms with Gasteiger partial charge in [0.25, 0.3) is 0 Å². The number of benzene rings is 1. The number of fused-ring (bicyclic) bond motifs is 1. The molecule has 92 valence electrons. The summed E-state index contributed by atoms with van der Waals surface area (Å²) < 4.78 is 15.3. The van der Waals surface area contributed by atoms with E-state index in [0.29, 0.717) is 17.7 Å². The van der Waals surface area contributed by atoms with Crippen LogP contribution < -0.4 is 0 Å². The van der Waals surface area contributed by atoms with E-state index in [4.69, 9.17) is 0 Å². The minimum atomic E-state index is -0.325. The first-order chi connectivity index (χ1) is 8.66. The number of carbonyl (C=O) groups excluding carboxylic acids is 1. The van der Waals surface area contributed by atoms with Crippen LogP contribution in [0.5, 0.6) is 0 Å². The zero-order chi connectivity index (χ0) is 12.7. The van der Waals surface area contributed by atoms with E-state index in [9.17, 15) is 9.18 Å². The summed E-state index contributed by atoms with van der Waals surface area (Å²) in [4.78, 5) is 11.9. The first kappa shape index (κ1) is 11.1. The smallest absolute Gasteiger partial charge is 0.166 e. The van der Waals surface area contributed by atoms with Gasteiger partial charge in [-0.25, -0.2) is 9.07 Å². The zero-order valence-corrected chi connectivity index (χ0v) is 10.1. The molecule has 0 fully saturated rings. The lowest BCUT2D eigenvalue weighted by atomic mass is 9.88. The largest absolute Gasteiger partial charge is 0.294 e. The molecule has 1 aromatic heterocycles. The lowest BCUT2D eigenvalue weighted by Gasteiger charge is -2.18. The van der Waals surface area contributed by atoms with Crippen LogP contribution in [-0.4, -0.2) is 15.6 Å². The maximum absolute atomic E-state index is 13.8. The molecule has 0 saturated carbocycles. The molecule has 18 heavy (non-hydrogen) atoms. The highest BCUT2D eigenvalue weighted by atomic mass is 19.1. The summed E-state index contributed by atoms with van der Waals surface area (Å²) in [5.41, 5.74) is 1.86. The van der Waals surface area contributed by atoms with E-state index in [1.165, 1.54) is 6.07 Å². The molecule has 1 atom stereocenters. The Morgan fingerprint density at radius 1 is 1.33 bits per heavy atom. The fraction of sp³-hybridized carbons (Fsp3) is 0.286. The molecule has 1 heterocycles. The molecule has 0 spiro atoms. The second-order valence-electron chi connectivity index (χ2n) is 4.80. The van der Waals surface area contributed by atoms with Crippen LogP contribution >= 0.6 is 0 Å². The lowest BCUT2D eigenvalue weighted by molar-refractivity contribution is 0.0952. The van der Waals surface area contributed by atoms with E-state index in [1.54, 1.807) is 29.1 Å². The van der Waals surface area contributed by atoms with Gasteiger partial charge >= 0.3 is 0 Å². The van der Waals surface area contributed by atoms with E-state index in [-0.39, 0.29) is 17.5 Å². The number of para-hydroxylation sites is 1. The molecule has 3 rings (SSSR count). The predicted octanol–water partition coefficient (Wildman–Crippen LogP) is 2.78. The molecule has 0 N–H and O–H groups in total. The van der Waals surface area contributed by atoms with Gasteiger partial charge in [-0.15, -0.1) is 0 Å². The molecule has 1 aromatic carbocycles.